The molecule has 4 nitrogen and oxygen atoms in total. The molecule has 0 spiro atoms. The highest BCUT2D eigenvalue weighted by Gasteiger charge is 2.28. The Labute approximate surface area is 189 Å². The molecule has 1 N–H and O–H groups in total. The molecule has 0 saturated heterocycles. The highest BCUT2D eigenvalue weighted by molar-refractivity contribution is 7.99. The average Bonchev–Trinajstić information content (AvgIpc) is 2.74. The normalized spacial score (nSPS) is 11.7. The summed E-state index contributed by atoms with van der Waals surface area (Å²) in [6, 6.07) is 15.3. The van der Waals surface area contributed by atoms with E-state index >= 15 is 0 Å². The zero-order chi connectivity index (χ0) is 21.9. The number of hydrogen-bond donors (Lipinski definition) is 1. The number of hydrogen-bond acceptors (Lipinski definition) is 3. The summed E-state index contributed by atoms with van der Waals surface area (Å²) in [5, 5.41) is 3.65. The molecule has 162 valence electrons. The quantitative estimate of drug-likeness (QED) is 0.515. The SMILES string of the molecule is CCCNC(=O)[C@@H](CC)N(Cc1ccc(C)cc1)C(=O)CSCc1ccccc1Cl. The molecule has 1 atom stereocenters. The first kappa shape index (κ1) is 24.3. The Bertz CT molecular complexity index is 826. The summed E-state index contributed by atoms with van der Waals surface area (Å²) in [6.45, 7) is 7.03. The van der Waals surface area contributed by atoms with Gasteiger partial charge < -0.3 is 10.2 Å². The van der Waals surface area contributed by atoms with Crippen LogP contribution in [0.2, 0.25) is 5.02 Å². The number of aryl methyl sites for hydroxylation is 1. The average molecular weight is 447 g/mol. The monoisotopic (exact) mass is 446 g/mol. The summed E-state index contributed by atoms with van der Waals surface area (Å²) in [6.07, 6.45) is 1.43. The van der Waals surface area contributed by atoms with E-state index in [1.54, 1.807) is 4.90 Å². The van der Waals surface area contributed by atoms with Crippen LogP contribution in [0.3, 0.4) is 0 Å². The van der Waals surface area contributed by atoms with E-state index in [4.69, 9.17) is 11.6 Å². The molecule has 0 unspecified atom stereocenters. The van der Waals surface area contributed by atoms with Gasteiger partial charge in [0.05, 0.1) is 5.75 Å². The van der Waals surface area contributed by atoms with Gasteiger partial charge in [0, 0.05) is 23.9 Å². The molecule has 0 saturated carbocycles. The van der Waals surface area contributed by atoms with Crippen molar-refractivity contribution in [1.82, 2.24) is 10.2 Å². The number of nitrogens with one attached hydrogen (secondary N) is 1. The zero-order valence-corrected chi connectivity index (χ0v) is 19.6. The van der Waals surface area contributed by atoms with Gasteiger partial charge in [-0.15, -0.1) is 11.8 Å². The second kappa shape index (κ2) is 12.7. The minimum atomic E-state index is -0.480. The second-order valence-electron chi connectivity index (χ2n) is 7.31. The van der Waals surface area contributed by atoms with Gasteiger partial charge in [0.15, 0.2) is 0 Å². The lowest BCUT2D eigenvalue weighted by Gasteiger charge is -2.30. The van der Waals surface area contributed by atoms with Gasteiger partial charge in [-0.05, 0) is 37.0 Å². The van der Waals surface area contributed by atoms with Crippen LogP contribution in [-0.2, 0) is 21.9 Å². The van der Waals surface area contributed by atoms with Crippen molar-refractivity contribution in [3.05, 3.63) is 70.2 Å². The molecule has 0 radical (unpaired) electrons. The van der Waals surface area contributed by atoms with Gasteiger partial charge in [-0.3, -0.25) is 9.59 Å². The Hall–Kier alpha value is -1.98. The van der Waals surface area contributed by atoms with Crippen LogP contribution in [0.5, 0.6) is 0 Å². The van der Waals surface area contributed by atoms with Crippen molar-refractivity contribution in [3.8, 4) is 0 Å². The smallest absolute Gasteiger partial charge is 0.242 e. The number of amides is 2. The van der Waals surface area contributed by atoms with Crippen molar-refractivity contribution in [1.29, 1.82) is 0 Å². The molecule has 2 amide bonds. The minimum absolute atomic E-state index is 0.0360. The number of nitrogens with zero attached hydrogens (tertiary/aromatic N) is 1. The van der Waals surface area contributed by atoms with E-state index in [0.717, 1.165) is 17.5 Å². The van der Waals surface area contributed by atoms with Gasteiger partial charge >= 0.3 is 0 Å². The Kier molecular flexibility index (Phi) is 10.2. The Morgan fingerprint density at radius 2 is 1.80 bits per heavy atom. The third-order valence-electron chi connectivity index (χ3n) is 4.85. The molecule has 2 aromatic carbocycles. The predicted molar refractivity (Wildman–Crippen MR) is 127 cm³/mol. The first-order chi connectivity index (χ1) is 14.5. The Morgan fingerprint density at radius 1 is 1.10 bits per heavy atom. The molecule has 0 heterocycles. The third kappa shape index (κ3) is 7.37. The van der Waals surface area contributed by atoms with Crippen LogP contribution in [0.4, 0.5) is 0 Å². The third-order valence-corrected chi connectivity index (χ3v) is 6.18. The Morgan fingerprint density at radius 3 is 2.43 bits per heavy atom. The maximum absolute atomic E-state index is 13.2. The maximum atomic E-state index is 13.2. The number of carbonyl (C=O) groups excluding carboxylic acids is 2. The van der Waals surface area contributed by atoms with Crippen LogP contribution >= 0.6 is 23.4 Å². The molecule has 30 heavy (non-hydrogen) atoms. The maximum Gasteiger partial charge on any atom is 0.242 e. The van der Waals surface area contributed by atoms with Crippen LogP contribution in [-0.4, -0.2) is 35.1 Å². The molecule has 0 aromatic heterocycles. The number of thioether (sulfide) groups is 1. The lowest BCUT2D eigenvalue weighted by atomic mass is 10.1. The lowest BCUT2D eigenvalue weighted by molar-refractivity contribution is -0.139. The fourth-order valence-corrected chi connectivity index (χ4v) is 4.32. The second-order valence-corrected chi connectivity index (χ2v) is 8.70. The van der Waals surface area contributed by atoms with Crippen LogP contribution in [0.1, 0.15) is 43.4 Å². The first-order valence-electron chi connectivity index (χ1n) is 10.4. The summed E-state index contributed by atoms with van der Waals surface area (Å²) < 4.78 is 0. The molecule has 0 fully saturated rings. The van der Waals surface area contributed by atoms with E-state index in [-0.39, 0.29) is 11.8 Å². The largest absolute Gasteiger partial charge is 0.354 e. The zero-order valence-electron chi connectivity index (χ0n) is 18.0. The van der Waals surface area contributed by atoms with E-state index < -0.39 is 6.04 Å². The molecule has 2 rings (SSSR count). The Balaban J connectivity index is 2.11. The van der Waals surface area contributed by atoms with E-state index in [0.29, 0.717) is 36.0 Å². The molecule has 0 aliphatic carbocycles. The number of halogens is 1. The van der Waals surface area contributed by atoms with Crippen molar-refractivity contribution in [2.24, 2.45) is 0 Å². The first-order valence-corrected chi connectivity index (χ1v) is 11.9. The minimum Gasteiger partial charge on any atom is -0.354 e. The number of carbonyl (C=O) groups is 2. The van der Waals surface area contributed by atoms with Crippen LogP contribution in [0.15, 0.2) is 48.5 Å². The molecule has 0 aliphatic rings. The molecular weight excluding hydrogens is 416 g/mol. The van der Waals surface area contributed by atoms with Gasteiger partial charge in [-0.25, -0.2) is 0 Å². The fraction of sp³-hybridized carbons (Fsp3) is 0.417. The summed E-state index contributed by atoms with van der Waals surface area (Å²) >= 11 is 7.74. The number of rotatable bonds is 11. The molecule has 0 bridgehead atoms. The van der Waals surface area contributed by atoms with Crippen LogP contribution in [0.25, 0.3) is 0 Å². The standard InChI is InChI=1S/C24H31ClN2O2S/c1-4-14-26-24(29)22(5-2)27(15-19-12-10-18(3)11-13-19)23(28)17-30-16-20-8-6-7-9-21(20)25/h6-13,22H,4-5,14-17H2,1-3H3,(H,26,29)/t22-/m1/s1. The summed E-state index contributed by atoms with van der Waals surface area (Å²) in [7, 11) is 0. The molecule has 6 heteroatoms. The van der Waals surface area contributed by atoms with Gasteiger partial charge in [0.1, 0.15) is 6.04 Å². The van der Waals surface area contributed by atoms with E-state index in [9.17, 15) is 9.59 Å². The highest BCUT2D eigenvalue weighted by Crippen LogP contribution is 2.22. The van der Waals surface area contributed by atoms with E-state index in [1.165, 1.54) is 17.3 Å². The summed E-state index contributed by atoms with van der Waals surface area (Å²) in [5.74, 6) is 0.832. The number of benzene rings is 2. The van der Waals surface area contributed by atoms with Crippen LogP contribution < -0.4 is 5.32 Å². The van der Waals surface area contributed by atoms with Gasteiger partial charge in [0.25, 0.3) is 0 Å². The molecule has 0 aliphatic heterocycles. The molecular formula is C24H31ClN2O2S. The van der Waals surface area contributed by atoms with Crippen molar-refractivity contribution >= 4 is 35.2 Å². The van der Waals surface area contributed by atoms with Crippen molar-refractivity contribution in [2.75, 3.05) is 12.3 Å². The van der Waals surface area contributed by atoms with Gasteiger partial charge in [-0.2, -0.15) is 0 Å². The van der Waals surface area contributed by atoms with E-state index in [2.05, 4.69) is 5.32 Å². The topological polar surface area (TPSA) is 49.4 Å². The van der Waals surface area contributed by atoms with Gasteiger partial charge in [0.2, 0.25) is 11.8 Å². The van der Waals surface area contributed by atoms with E-state index in [1.807, 2.05) is 69.3 Å². The van der Waals surface area contributed by atoms with Crippen molar-refractivity contribution in [3.63, 3.8) is 0 Å². The lowest BCUT2D eigenvalue weighted by Crippen LogP contribution is -2.49. The van der Waals surface area contributed by atoms with Crippen LogP contribution in [0, 0.1) is 6.92 Å². The summed E-state index contributed by atoms with van der Waals surface area (Å²) in [5.41, 5.74) is 3.20. The van der Waals surface area contributed by atoms with Gasteiger partial charge in [-0.1, -0.05) is 73.5 Å². The van der Waals surface area contributed by atoms with Crippen molar-refractivity contribution < 1.29 is 9.59 Å². The summed E-state index contributed by atoms with van der Waals surface area (Å²) in [4.78, 5) is 27.6. The van der Waals surface area contributed by atoms with Crippen molar-refractivity contribution in [2.45, 2.75) is 52.0 Å². The highest BCUT2D eigenvalue weighted by atomic mass is 35.5. The predicted octanol–water partition coefficient (Wildman–Crippen LogP) is 5.22. The fourth-order valence-electron chi connectivity index (χ4n) is 3.12. The molecule has 2 aromatic rings.